The van der Waals surface area contributed by atoms with E-state index in [4.69, 9.17) is 4.74 Å². The van der Waals surface area contributed by atoms with Gasteiger partial charge in [-0.3, -0.25) is 9.48 Å². The number of ether oxygens (including phenoxy) is 1. The SMILES string of the molecule is CCn1ccc(C(C)NC(=O)c2cc(COc3ccc(F)cc3)cs2)n1. The Morgan fingerprint density at radius 2 is 2.12 bits per heavy atom. The van der Waals surface area contributed by atoms with E-state index in [0.29, 0.717) is 17.2 Å². The maximum atomic E-state index is 12.9. The molecule has 3 aromatic rings. The predicted octanol–water partition coefficient (Wildman–Crippen LogP) is 4.17. The summed E-state index contributed by atoms with van der Waals surface area (Å²) in [5, 5.41) is 9.25. The Kier molecular flexibility index (Phi) is 5.68. The minimum atomic E-state index is -0.301. The van der Waals surface area contributed by atoms with E-state index in [-0.39, 0.29) is 17.8 Å². The van der Waals surface area contributed by atoms with Crippen molar-refractivity contribution in [3.05, 3.63) is 69.9 Å². The van der Waals surface area contributed by atoms with Crippen molar-refractivity contribution >= 4 is 17.2 Å². The van der Waals surface area contributed by atoms with Gasteiger partial charge in [0.15, 0.2) is 0 Å². The van der Waals surface area contributed by atoms with Gasteiger partial charge in [0.1, 0.15) is 18.2 Å². The number of aryl methyl sites for hydroxylation is 1. The van der Waals surface area contributed by atoms with E-state index in [1.54, 1.807) is 18.2 Å². The van der Waals surface area contributed by atoms with Crippen LogP contribution >= 0.6 is 11.3 Å². The van der Waals surface area contributed by atoms with E-state index in [9.17, 15) is 9.18 Å². The number of aromatic nitrogens is 2. The average molecular weight is 373 g/mol. The van der Waals surface area contributed by atoms with E-state index >= 15 is 0 Å². The summed E-state index contributed by atoms with van der Waals surface area (Å²) in [5.41, 5.74) is 1.73. The molecule has 1 aromatic carbocycles. The van der Waals surface area contributed by atoms with Crippen LogP contribution in [0.15, 0.2) is 48.0 Å². The molecule has 1 N–H and O–H groups in total. The lowest BCUT2D eigenvalue weighted by molar-refractivity contribution is 0.0943. The first kappa shape index (κ1) is 18.1. The molecule has 7 heteroatoms. The number of hydrogen-bond acceptors (Lipinski definition) is 4. The molecule has 0 fully saturated rings. The van der Waals surface area contributed by atoms with Gasteiger partial charge in [0.05, 0.1) is 16.6 Å². The summed E-state index contributed by atoms with van der Waals surface area (Å²) in [4.78, 5) is 13.0. The second-order valence-electron chi connectivity index (χ2n) is 5.85. The smallest absolute Gasteiger partial charge is 0.261 e. The van der Waals surface area contributed by atoms with Crippen LogP contribution in [0, 0.1) is 5.82 Å². The van der Waals surface area contributed by atoms with E-state index in [1.807, 2.05) is 36.2 Å². The molecule has 3 rings (SSSR count). The molecule has 1 amide bonds. The van der Waals surface area contributed by atoms with Gasteiger partial charge in [-0.1, -0.05) is 0 Å². The molecule has 2 aromatic heterocycles. The third-order valence-electron chi connectivity index (χ3n) is 3.87. The Morgan fingerprint density at radius 3 is 2.81 bits per heavy atom. The monoisotopic (exact) mass is 373 g/mol. The first-order chi connectivity index (χ1) is 12.5. The highest BCUT2D eigenvalue weighted by Gasteiger charge is 2.15. The van der Waals surface area contributed by atoms with Gasteiger partial charge in [-0.2, -0.15) is 5.10 Å². The molecule has 0 spiro atoms. The van der Waals surface area contributed by atoms with Crippen molar-refractivity contribution in [2.75, 3.05) is 0 Å². The van der Waals surface area contributed by atoms with Crippen LogP contribution in [0.1, 0.15) is 40.8 Å². The van der Waals surface area contributed by atoms with Crippen LogP contribution in [0.25, 0.3) is 0 Å². The zero-order valence-corrected chi connectivity index (χ0v) is 15.4. The molecule has 0 aliphatic carbocycles. The van der Waals surface area contributed by atoms with Crippen LogP contribution in [0.2, 0.25) is 0 Å². The number of nitrogens with one attached hydrogen (secondary N) is 1. The van der Waals surface area contributed by atoms with Crippen molar-refractivity contribution in [2.45, 2.75) is 33.0 Å². The Labute approximate surface area is 155 Å². The summed E-state index contributed by atoms with van der Waals surface area (Å²) in [7, 11) is 0. The first-order valence-corrected chi connectivity index (χ1v) is 9.23. The molecule has 0 saturated heterocycles. The van der Waals surface area contributed by atoms with Crippen LogP contribution < -0.4 is 10.1 Å². The third kappa shape index (κ3) is 4.49. The summed E-state index contributed by atoms with van der Waals surface area (Å²) in [6, 6.07) is 9.40. The van der Waals surface area contributed by atoms with Crippen LogP contribution in [0.3, 0.4) is 0 Å². The minimum Gasteiger partial charge on any atom is -0.489 e. The van der Waals surface area contributed by atoms with Gasteiger partial charge in [-0.25, -0.2) is 4.39 Å². The summed E-state index contributed by atoms with van der Waals surface area (Å²) < 4.78 is 20.3. The first-order valence-electron chi connectivity index (χ1n) is 8.35. The molecule has 136 valence electrons. The van der Waals surface area contributed by atoms with Crippen molar-refractivity contribution in [1.29, 1.82) is 0 Å². The van der Waals surface area contributed by atoms with Gasteiger partial charge in [-0.15, -0.1) is 11.3 Å². The lowest BCUT2D eigenvalue weighted by Gasteiger charge is -2.10. The molecule has 0 bridgehead atoms. The summed E-state index contributed by atoms with van der Waals surface area (Å²) in [6.07, 6.45) is 1.90. The Hall–Kier alpha value is -2.67. The predicted molar refractivity (Wildman–Crippen MR) is 98.8 cm³/mol. The molecule has 5 nitrogen and oxygen atoms in total. The number of halogens is 1. The van der Waals surface area contributed by atoms with Gasteiger partial charge in [0.2, 0.25) is 0 Å². The summed E-state index contributed by atoms with van der Waals surface area (Å²) >= 11 is 1.36. The van der Waals surface area contributed by atoms with Gasteiger partial charge in [-0.05, 0) is 55.6 Å². The lowest BCUT2D eigenvalue weighted by Crippen LogP contribution is -2.26. The van der Waals surface area contributed by atoms with Crippen molar-refractivity contribution < 1.29 is 13.9 Å². The number of nitrogens with zero attached hydrogens (tertiary/aromatic N) is 2. The highest BCUT2D eigenvalue weighted by atomic mass is 32.1. The topological polar surface area (TPSA) is 56.2 Å². The van der Waals surface area contributed by atoms with E-state index in [0.717, 1.165) is 17.8 Å². The number of amides is 1. The highest BCUT2D eigenvalue weighted by Crippen LogP contribution is 2.19. The van der Waals surface area contributed by atoms with E-state index < -0.39 is 0 Å². The number of rotatable bonds is 7. The van der Waals surface area contributed by atoms with Crippen molar-refractivity contribution in [1.82, 2.24) is 15.1 Å². The lowest BCUT2D eigenvalue weighted by atomic mass is 10.2. The van der Waals surface area contributed by atoms with Gasteiger partial charge < -0.3 is 10.1 Å². The quantitative estimate of drug-likeness (QED) is 0.676. The summed E-state index contributed by atoms with van der Waals surface area (Å²) in [5.74, 6) is 0.148. The molecular weight excluding hydrogens is 353 g/mol. The van der Waals surface area contributed by atoms with E-state index in [1.165, 1.54) is 23.5 Å². The van der Waals surface area contributed by atoms with Crippen LogP contribution in [-0.2, 0) is 13.2 Å². The Morgan fingerprint density at radius 1 is 1.35 bits per heavy atom. The fraction of sp³-hybridized carbons (Fsp3) is 0.263. The zero-order chi connectivity index (χ0) is 18.5. The molecule has 0 aliphatic rings. The number of hydrogen-bond donors (Lipinski definition) is 1. The second-order valence-corrected chi connectivity index (χ2v) is 6.76. The minimum absolute atomic E-state index is 0.137. The fourth-order valence-electron chi connectivity index (χ4n) is 2.39. The number of thiophene rings is 1. The van der Waals surface area contributed by atoms with E-state index in [2.05, 4.69) is 10.4 Å². The molecule has 0 aliphatic heterocycles. The maximum Gasteiger partial charge on any atom is 0.261 e. The molecule has 1 unspecified atom stereocenters. The largest absolute Gasteiger partial charge is 0.489 e. The summed E-state index contributed by atoms with van der Waals surface area (Å²) in [6.45, 7) is 5.04. The van der Waals surface area contributed by atoms with Gasteiger partial charge in [0.25, 0.3) is 5.91 Å². The van der Waals surface area contributed by atoms with Crippen LogP contribution in [0.5, 0.6) is 5.75 Å². The Balaban J connectivity index is 1.56. The molecule has 0 radical (unpaired) electrons. The number of carbonyl (C=O) groups is 1. The third-order valence-corrected chi connectivity index (χ3v) is 4.85. The van der Waals surface area contributed by atoms with Gasteiger partial charge in [0, 0.05) is 18.3 Å². The normalized spacial score (nSPS) is 12.0. The zero-order valence-electron chi connectivity index (χ0n) is 14.6. The van der Waals surface area contributed by atoms with Crippen molar-refractivity contribution in [3.63, 3.8) is 0 Å². The standard InChI is InChI=1S/C19H20FN3O2S/c1-3-23-9-8-17(22-23)13(2)21-19(24)18-10-14(12-26-18)11-25-16-6-4-15(20)5-7-16/h4-10,12-13H,3,11H2,1-2H3,(H,21,24). The van der Waals surface area contributed by atoms with Crippen LogP contribution in [-0.4, -0.2) is 15.7 Å². The number of carbonyl (C=O) groups excluding carboxylic acids is 1. The second kappa shape index (κ2) is 8.14. The Bertz CT molecular complexity index is 873. The van der Waals surface area contributed by atoms with Crippen molar-refractivity contribution in [3.8, 4) is 5.75 Å². The maximum absolute atomic E-state index is 12.9. The van der Waals surface area contributed by atoms with Crippen LogP contribution in [0.4, 0.5) is 4.39 Å². The average Bonchev–Trinajstić information content (AvgIpc) is 3.30. The molecule has 0 saturated carbocycles. The fourth-order valence-corrected chi connectivity index (χ4v) is 3.19. The molecule has 2 heterocycles. The molecule has 26 heavy (non-hydrogen) atoms. The van der Waals surface area contributed by atoms with Gasteiger partial charge >= 0.3 is 0 Å². The molecule has 1 atom stereocenters. The van der Waals surface area contributed by atoms with Crippen molar-refractivity contribution in [2.24, 2.45) is 0 Å². The number of benzene rings is 1. The molecular formula is C19H20FN3O2S. The highest BCUT2D eigenvalue weighted by molar-refractivity contribution is 7.12.